The maximum atomic E-state index is 13.5. The van der Waals surface area contributed by atoms with Crippen LogP contribution in [-0.4, -0.2) is 8.42 Å². The number of sulfonamides is 1. The zero-order valence-corrected chi connectivity index (χ0v) is 12.6. The molecule has 0 aliphatic rings. The summed E-state index contributed by atoms with van der Waals surface area (Å²) in [5.74, 6) is -0.548. The highest BCUT2D eigenvalue weighted by molar-refractivity contribution is 7.88. The molecule has 3 N–H and O–H groups in total. The molecule has 0 amide bonds. The number of anilines is 1. The first-order valence-electron chi connectivity index (χ1n) is 6.11. The van der Waals surface area contributed by atoms with Gasteiger partial charge in [0.2, 0.25) is 10.0 Å². The molecule has 0 aliphatic heterocycles. The Morgan fingerprint density at radius 3 is 2.43 bits per heavy atom. The first-order valence-corrected chi connectivity index (χ1v) is 8.20. The van der Waals surface area contributed by atoms with Gasteiger partial charge < -0.3 is 5.32 Å². The summed E-state index contributed by atoms with van der Waals surface area (Å²) in [5, 5.41) is 8.48. The van der Waals surface area contributed by atoms with Gasteiger partial charge in [0.05, 0.1) is 5.75 Å². The molecule has 0 saturated carbocycles. The van der Waals surface area contributed by atoms with Gasteiger partial charge in [0, 0.05) is 22.8 Å². The zero-order valence-electron chi connectivity index (χ0n) is 11.0. The SMILES string of the molecule is NS(=O)(=O)Cc1ccc(NCc2cc(Cl)ccc2F)cc1. The Hall–Kier alpha value is -1.63. The normalized spacial score (nSPS) is 11.4. The van der Waals surface area contributed by atoms with Gasteiger partial charge in [-0.3, -0.25) is 0 Å². The molecule has 2 aromatic carbocycles. The minimum absolute atomic E-state index is 0.212. The van der Waals surface area contributed by atoms with Crippen LogP contribution in [0.5, 0.6) is 0 Å². The highest BCUT2D eigenvalue weighted by atomic mass is 35.5. The molecule has 0 aliphatic carbocycles. The zero-order chi connectivity index (χ0) is 15.5. The molecule has 0 spiro atoms. The molecule has 0 saturated heterocycles. The Bertz CT molecular complexity index is 733. The van der Waals surface area contributed by atoms with Crippen molar-refractivity contribution >= 4 is 27.3 Å². The van der Waals surface area contributed by atoms with Gasteiger partial charge in [-0.2, -0.15) is 0 Å². The predicted octanol–water partition coefficient (Wildman–Crippen LogP) is 2.88. The summed E-state index contributed by atoms with van der Waals surface area (Å²) in [4.78, 5) is 0. The average molecular weight is 329 g/mol. The van der Waals surface area contributed by atoms with Crippen molar-refractivity contribution in [2.45, 2.75) is 12.3 Å². The molecule has 0 fully saturated rings. The lowest BCUT2D eigenvalue weighted by Gasteiger charge is -2.08. The molecule has 4 nitrogen and oxygen atoms in total. The quantitative estimate of drug-likeness (QED) is 0.886. The van der Waals surface area contributed by atoms with Crippen molar-refractivity contribution in [1.29, 1.82) is 0 Å². The molecule has 7 heteroatoms. The van der Waals surface area contributed by atoms with E-state index in [2.05, 4.69) is 5.32 Å². The van der Waals surface area contributed by atoms with Crippen LogP contribution in [0, 0.1) is 5.82 Å². The van der Waals surface area contributed by atoms with Gasteiger partial charge >= 0.3 is 0 Å². The Morgan fingerprint density at radius 1 is 1.14 bits per heavy atom. The topological polar surface area (TPSA) is 72.2 Å². The number of primary sulfonamides is 1. The van der Waals surface area contributed by atoms with Gasteiger partial charge in [0.25, 0.3) is 0 Å². The second-order valence-electron chi connectivity index (χ2n) is 4.59. The lowest BCUT2D eigenvalue weighted by atomic mass is 10.2. The molecule has 21 heavy (non-hydrogen) atoms. The average Bonchev–Trinajstić information content (AvgIpc) is 2.40. The molecular weight excluding hydrogens is 315 g/mol. The fourth-order valence-corrected chi connectivity index (χ4v) is 2.68. The molecule has 0 atom stereocenters. The van der Waals surface area contributed by atoms with Crippen molar-refractivity contribution in [3.63, 3.8) is 0 Å². The standard InChI is InChI=1S/C14H14ClFN2O2S/c15-12-3-6-14(16)11(7-12)8-18-13-4-1-10(2-5-13)9-21(17,19)20/h1-7,18H,8-9H2,(H2,17,19,20). The number of hydrogen-bond donors (Lipinski definition) is 2. The highest BCUT2D eigenvalue weighted by Gasteiger charge is 2.05. The molecule has 0 radical (unpaired) electrons. The first-order chi connectivity index (χ1) is 9.83. The van der Waals surface area contributed by atoms with E-state index in [1.807, 2.05) is 0 Å². The number of benzene rings is 2. The van der Waals surface area contributed by atoms with Crippen molar-refractivity contribution < 1.29 is 12.8 Å². The monoisotopic (exact) mass is 328 g/mol. The largest absolute Gasteiger partial charge is 0.381 e. The molecule has 0 unspecified atom stereocenters. The summed E-state index contributed by atoms with van der Waals surface area (Å²) in [5.41, 5.74) is 1.79. The molecular formula is C14H14ClFN2O2S. The number of nitrogens with two attached hydrogens (primary N) is 1. The summed E-state index contributed by atoms with van der Waals surface area (Å²) >= 11 is 5.82. The van der Waals surface area contributed by atoms with Crippen LogP contribution < -0.4 is 10.5 Å². The van der Waals surface area contributed by atoms with Crippen LogP contribution in [0.15, 0.2) is 42.5 Å². The van der Waals surface area contributed by atoms with E-state index in [-0.39, 0.29) is 18.1 Å². The second kappa shape index (κ2) is 6.43. The second-order valence-corrected chi connectivity index (χ2v) is 6.64. The third kappa shape index (κ3) is 5.00. The third-order valence-electron chi connectivity index (χ3n) is 2.81. The number of rotatable bonds is 5. The molecule has 0 heterocycles. The lowest BCUT2D eigenvalue weighted by Crippen LogP contribution is -2.14. The Labute approximate surface area is 127 Å². The van der Waals surface area contributed by atoms with E-state index < -0.39 is 10.0 Å². The van der Waals surface area contributed by atoms with E-state index in [1.54, 1.807) is 30.3 Å². The molecule has 2 rings (SSSR count). The van der Waals surface area contributed by atoms with E-state index in [0.717, 1.165) is 5.69 Å². The number of hydrogen-bond acceptors (Lipinski definition) is 3. The summed E-state index contributed by atoms with van der Waals surface area (Å²) in [7, 11) is -3.54. The van der Waals surface area contributed by atoms with Gasteiger partial charge in [-0.05, 0) is 35.9 Å². The van der Waals surface area contributed by atoms with Crippen LogP contribution in [-0.2, 0) is 22.3 Å². The van der Waals surface area contributed by atoms with Gasteiger partial charge in [-0.1, -0.05) is 23.7 Å². The molecule has 2 aromatic rings. The minimum Gasteiger partial charge on any atom is -0.381 e. The van der Waals surface area contributed by atoms with Crippen LogP contribution in [0.3, 0.4) is 0 Å². The van der Waals surface area contributed by atoms with E-state index in [0.29, 0.717) is 16.1 Å². The maximum absolute atomic E-state index is 13.5. The lowest BCUT2D eigenvalue weighted by molar-refractivity contribution is 0.597. The van der Waals surface area contributed by atoms with Crippen LogP contribution in [0.2, 0.25) is 5.02 Å². The highest BCUT2D eigenvalue weighted by Crippen LogP contribution is 2.17. The number of halogens is 2. The molecule has 0 aromatic heterocycles. The maximum Gasteiger partial charge on any atom is 0.213 e. The molecule has 112 valence electrons. The smallest absolute Gasteiger partial charge is 0.213 e. The van der Waals surface area contributed by atoms with Crippen molar-refractivity contribution in [2.75, 3.05) is 5.32 Å². The van der Waals surface area contributed by atoms with Gasteiger partial charge in [0.15, 0.2) is 0 Å². The van der Waals surface area contributed by atoms with Crippen molar-refractivity contribution in [3.05, 3.63) is 64.4 Å². The fraction of sp³-hybridized carbons (Fsp3) is 0.143. The van der Waals surface area contributed by atoms with E-state index in [4.69, 9.17) is 16.7 Å². The van der Waals surface area contributed by atoms with Gasteiger partial charge in [0.1, 0.15) is 5.82 Å². The Morgan fingerprint density at radius 2 is 1.81 bits per heavy atom. The van der Waals surface area contributed by atoms with Gasteiger partial charge in [-0.15, -0.1) is 0 Å². The third-order valence-corrected chi connectivity index (χ3v) is 3.78. The van der Waals surface area contributed by atoms with Crippen LogP contribution in [0.25, 0.3) is 0 Å². The van der Waals surface area contributed by atoms with E-state index in [9.17, 15) is 12.8 Å². The molecule has 0 bridgehead atoms. The summed E-state index contributed by atoms with van der Waals surface area (Å²) in [6.07, 6.45) is 0. The van der Waals surface area contributed by atoms with Crippen molar-refractivity contribution in [3.8, 4) is 0 Å². The van der Waals surface area contributed by atoms with E-state index in [1.165, 1.54) is 12.1 Å². The summed E-state index contributed by atoms with van der Waals surface area (Å²) in [6.45, 7) is 0.279. The van der Waals surface area contributed by atoms with Crippen LogP contribution in [0.1, 0.15) is 11.1 Å². The van der Waals surface area contributed by atoms with Crippen LogP contribution in [0.4, 0.5) is 10.1 Å². The predicted molar refractivity (Wildman–Crippen MR) is 82.0 cm³/mol. The fourth-order valence-electron chi connectivity index (χ4n) is 1.83. The summed E-state index contributed by atoms with van der Waals surface area (Å²) < 4.78 is 35.5. The van der Waals surface area contributed by atoms with Crippen molar-refractivity contribution in [1.82, 2.24) is 0 Å². The van der Waals surface area contributed by atoms with Crippen LogP contribution >= 0.6 is 11.6 Å². The number of nitrogens with one attached hydrogen (secondary N) is 1. The van der Waals surface area contributed by atoms with E-state index >= 15 is 0 Å². The Balaban J connectivity index is 2.02. The van der Waals surface area contributed by atoms with Crippen molar-refractivity contribution in [2.24, 2.45) is 5.14 Å². The first kappa shape index (κ1) is 15.8. The Kier molecular flexibility index (Phi) is 4.82. The minimum atomic E-state index is -3.54. The van der Waals surface area contributed by atoms with Gasteiger partial charge in [-0.25, -0.2) is 17.9 Å². The summed E-state index contributed by atoms with van der Waals surface area (Å²) in [6, 6.07) is 11.1.